The first-order valence-corrected chi connectivity index (χ1v) is 49.2. The molecular weight excluding hydrogens is 1970 g/mol. The number of nitrogens with zero attached hydrogens (tertiary/aromatic N) is 4. The van der Waals surface area contributed by atoms with Gasteiger partial charge < -0.3 is 44.8 Å². The molecule has 5 heterocycles. The van der Waals surface area contributed by atoms with Gasteiger partial charge in [-0.2, -0.15) is 0 Å². The van der Waals surface area contributed by atoms with Crippen LogP contribution in [0.25, 0.3) is 231 Å². The van der Waals surface area contributed by atoms with E-state index in [1.54, 1.807) is 42.5 Å². The van der Waals surface area contributed by atoms with Crippen molar-refractivity contribution >= 4 is 180 Å². The molecule has 17 aromatic carbocycles. The number of benzene rings is 19. The van der Waals surface area contributed by atoms with Crippen LogP contribution in [0.1, 0.15) is 45.0 Å². The third kappa shape index (κ3) is 17.0. The molecule has 0 fully saturated rings. The number of rotatable bonds is 16. The van der Waals surface area contributed by atoms with Gasteiger partial charge in [0.25, 0.3) is 0 Å². The minimum Gasteiger partial charge on any atom is -1.00 e. The zero-order valence-electron chi connectivity index (χ0n) is 76.7. The fourth-order valence-corrected chi connectivity index (χ4v) is 22.3. The summed E-state index contributed by atoms with van der Waals surface area (Å²) in [6.45, 7) is 14.6. The van der Waals surface area contributed by atoms with Crippen LogP contribution in [-0.4, -0.2) is 48.7 Å². The third-order valence-electron chi connectivity index (χ3n) is 26.3. The molecule has 0 saturated carbocycles. The molecule has 4 aliphatic rings. The predicted molar refractivity (Wildman–Crippen MR) is 574 cm³/mol. The normalized spacial score (nSPS) is 11.4. The molecule has 0 radical (unpaired) electrons. The van der Waals surface area contributed by atoms with Crippen LogP contribution >= 0.6 is 59.1 Å². The second-order valence-electron chi connectivity index (χ2n) is 33.8. The summed E-state index contributed by atoms with van der Waals surface area (Å²) in [5.41, 5.74) is 21.3. The monoisotopic (exact) mass is 2050 g/mol. The number of esters is 1. The first-order valence-electron chi connectivity index (χ1n) is 46.0. The summed E-state index contributed by atoms with van der Waals surface area (Å²) in [6, 6.07) is 126. The molecule has 2 aliphatic heterocycles. The average Bonchev–Trinajstić information content (AvgIpc) is 1.17. The van der Waals surface area contributed by atoms with Gasteiger partial charge in [0.15, 0.2) is 16.9 Å². The summed E-state index contributed by atoms with van der Waals surface area (Å²) in [4.78, 5) is 40.3. The SMILES string of the molecule is CCN(CC)c1ccc2c(-c3ccc(-c4cccc5ccccc45)c4ccccc34)c3ccc(=[N+](CC)CC)cc-3oc2c1.CCOC(=O)c1ccccc1-c1c2cc(Br)c(=O)c(Br)c-2oc2c(-c3ccc(-c4cccc5ccccc45)c4ccccc34)c([O-])c(Br)cc12.[Cl-].[Na+].c1ccc2c(-c3ccc(-c4ccc5oc(-c6ccc(-c7nc8ccccc8o7)s6)nc5c4)c4ccccc34)cccc2c1. The second-order valence-corrected chi connectivity index (χ2v) is 37.4. The molecular formula is C121H85Br3ClN4NaO8S. The Morgan fingerprint density at radius 1 is 0.381 bits per heavy atom. The van der Waals surface area contributed by atoms with Gasteiger partial charge in [0.1, 0.15) is 45.5 Å². The summed E-state index contributed by atoms with van der Waals surface area (Å²) >= 11 is 12.0. The Kier molecular flexibility index (Phi) is 26.4. The number of oxazole rings is 2. The van der Waals surface area contributed by atoms with Gasteiger partial charge in [0.05, 0.1) is 32.5 Å². The Morgan fingerprint density at radius 2 is 0.835 bits per heavy atom. The molecule has 0 atom stereocenters. The number of aromatic nitrogens is 2. The first-order chi connectivity index (χ1) is 67.2. The van der Waals surface area contributed by atoms with Crippen LogP contribution < -0.4 is 67.3 Å². The molecule has 139 heavy (non-hydrogen) atoms. The van der Waals surface area contributed by atoms with E-state index in [0.717, 1.165) is 119 Å². The maximum atomic E-state index is 14.3. The van der Waals surface area contributed by atoms with Crippen molar-refractivity contribution in [1.82, 2.24) is 14.5 Å². The van der Waals surface area contributed by atoms with Crippen molar-refractivity contribution in [2.24, 2.45) is 0 Å². The van der Waals surface area contributed by atoms with Gasteiger partial charge >= 0.3 is 35.5 Å². The molecule has 3 aromatic heterocycles. The Labute approximate surface area is 859 Å². The number of halogens is 4. The predicted octanol–water partition coefficient (Wildman–Crippen LogP) is 26.6. The smallest absolute Gasteiger partial charge is 1.00 e. The summed E-state index contributed by atoms with van der Waals surface area (Å²) in [7, 11) is 0. The van der Waals surface area contributed by atoms with E-state index in [9.17, 15) is 14.7 Å². The van der Waals surface area contributed by atoms with Gasteiger partial charge in [-0.05, 0) is 265 Å². The van der Waals surface area contributed by atoms with Crippen LogP contribution in [0.3, 0.4) is 0 Å². The first kappa shape index (κ1) is 92.8. The van der Waals surface area contributed by atoms with Gasteiger partial charge in [-0.1, -0.05) is 295 Å². The van der Waals surface area contributed by atoms with Crippen LogP contribution in [0.15, 0.2) is 400 Å². The van der Waals surface area contributed by atoms with Crippen molar-refractivity contribution < 1.29 is 74.3 Å². The summed E-state index contributed by atoms with van der Waals surface area (Å²) < 4.78 is 34.3. The number of ether oxygens (including phenoxy) is 1. The van der Waals surface area contributed by atoms with E-state index < -0.39 is 5.97 Å². The minimum atomic E-state index is -0.487. The Morgan fingerprint density at radius 3 is 1.39 bits per heavy atom. The molecule has 24 rings (SSSR count). The Balaban J connectivity index is 0.000000128. The zero-order valence-corrected chi connectivity index (χ0v) is 85.0. The van der Waals surface area contributed by atoms with E-state index in [4.69, 9.17) is 27.4 Å². The van der Waals surface area contributed by atoms with Crippen LogP contribution in [0.4, 0.5) is 5.69 Å². The number of para-hydroxylation sites is 2. The Hall–Kier alpha value is -13.9. The summed E-state index contributed by atoms with van der Waals surface area (Å²) in [5.74, 6) is 1.60. The number of fused-ring (bicyclic) bond motifs is 12. The van der Waals surface area contributed by atoms with Gasteiger partial charge in [-0.3, -0.25) is 4.79 Å². The average molecular weight is 2050 g/mol. The third-order valence-corrected chi connectivity index (χ3v) is 29.2. The van der Waals surface area contributed by atoms with Gasteiger partial charge in [0, 0.05) is 74.0 Å². The number of anilines is 1. The zero-order chi connectivity index (χ0) is 93.2. The van der Waals surface area contributed by atoms with Crippen LogP contribution in [0, 0.1) is 0 Å². The number of hydrogen-bond donors (Lipinski definition) is 0. The molecule has 2 aliphatic carbocycles. The van der Waals surface area contributed by atoms with Crippen molar-refractivity contribution in [3.8, 4) is 128 Å². The number of thiophene rings is 1. The minimum absolute atomic E-state index is 0. The summed E-state index contributed by atoms with van der Waals surface area (Å²) in [5, 5.41) is 31.3. The molecule has 0 unspecified atom stereocenters. The number of carbonyl (C=O) groups is 1. The maximum Gasteiger partial charge on any atom is 1.00 e. The van der Waals surface area contributed by atoms with Gasteiger partial charge in [0.2, 0.25) is 22.6 Å². The van der Waals surface area contributed by atoms with Crippen molar-refractivity contribution in [1.29, 1.82) is 0 Å². The number of carbonyl (C=O) groups excluding carboxylic acids is 1. The molecule has 0 N–H and O–H groups in total. The molecule has 0 amide bonds. The van der Waals surface area contributed by atoms with E-state index in [1.165, 1.54) is 93.1 Å². The van der Waals surface area contributed by atoms with E-state index in [0.29, 0.717) is 59.5 Å². The van der Waals surface area contributed by atoms with Crippen LogP contribution in [0.5, 0.6) is 5.75 Å². The van der Waals surface area contributed by atoms with E-state index in [2.05, 4.69) is 333 Å². The molecule has 0 bridgehead atoms. The van der Waals surface area contributed by atoms with Crippen LogP contribution in [0.2, 0.25) is 0 Å². The second kappa shape index (κ2) is 39.5. The number of hydrogen-bond acceptors (Lipinski definition) is 12. The standard InChI is InChI=1S/C42H25Br3O5.C41H39N2O.C38H22N2O2S.ClH.Na/c1-2-49-42(48)30-16-8-7-15-28(30)35-31-20-33(43)38(46)36(40(31)50-41-32(35)21-34(44)39(47)37(41)45)29-19-18-27(25-13-5-6-14-26(25)29)24-17-9-11-22-10-3-4-12-23(22)24;1-5-42(6-2)29-20-22-37-39(26-29)44-40-27-30(43(7-3)8-4)21-23-38(40)41(37)36-25-24-35(33-17-11-12-18-34(33)36)32-19-13-15-28-14-9-10-16-31(28)32;1-2-10-25-23(8-1)9-7-13-28(25)30-18-17-26(27-11-3-4-12-29(27)30)24-16-19-34-32(22-24)40-38(42-34)36-21-20-35(43-36)37-39-31-14-5-6-15-33(31)41-37;;/h3-21,46H,2H2,1H3;9-27H,5-8H2,1-4H3;1-22H;1H;/q;+1;;;+1/p-2. The maximum absolute atomic E-state index is 14.3. The van der Waals surface area contributed by atoms with Crippen molar-refractivity contribution in [3.05, 3.63) is 399 Å². The van der Waals surface area contributed by atoms with E-state index in [-0.39, 0.29) is 75.6 Å². The fraction of sp³-hybridized carbons (Fsp3) is 0.0826. The van der Waals surface area contributed by atoms with Crippen molar-refractivity contribution in [2.45, 2.75) is 34.6 Å². The summed E-state index contributed by atoms with van der Waals surface area (Å²) in [6.07, 6.45) is 0. The topological polar surface area (TPSA) is 151 Å². The molecule has 20 aromatic rings. The van der Waals surface area contributed by atoms with E-state index in [1.807, 2.05) is 97.1 Å². The Bertz CT molecular complexity index is 8990. The quantitative estimate of drug-likeness (QED) is 0.0393. The fourth-order valence-electron chi connectivity index (χ4n) is 19.8. The molecule has 0 saturated heterocycles. The van der Waals surface area contributed by atoms with Crippen LogP contribution in [-0.2, 0) is 4.74 Å². The molecule has 0 spiro atoms. The van der Waals surface area contributed by atoms with E-state index >= 15 is 0 Å². The van der Waals surface area contributed by atoms with Crippen molar-refractivity contribution in [2.75, 3.05) is 37.7 Å². The van der Waals surface area contributed by atoms with Gasteiger partial charge in [-0.25, -0.2) is 19.3 Å². The largest absolute Gasteiger partial charge is 1.00 e. The molecule has 18 heteroatoms. The molecule has 12 nitrogen and oxygen atoms in total. The molecule has 672 valence electrons. The van der Waals surface area contributed by atoms with Gasteiger partial charge in [-0.15, -0.1) is 11.3 Å². The van der Waals surface area contributed by atoms with Crippen molar-refractivity contribution in [3.63, 3.8) is 0 Å².